The molecule has 0 aromatic heterocycles. The summed E-state index contributed by atoms with van der Waals surface area (Å²) in [7, 11) is 0. The highest BCUT2D eigenvalue weighted by atomic mass is 17.2. The molecule has 1 unspecified atom stereocenters. The lowest BCUT2D eigenvalue weighted by molar-refractivity contribution is -0.274. The average Bonchev–Trinajstić information content (AvgIpc) is 2.16. The summed E-state index contributed by atoms with van der Waals surface area (Å²) in [6.45, 7) is 1.88. The molecule has 0 spiro atoms. The van der Waals surface area contributed by atoms with Gasteiger partial charge in [0.2, 0.25) is 0 Å². The zero-order chi connectivity index (χ0) is 13.5. The molecule has 0 aromatic carbocycles. The Morgan fingerprint density at radius 3 is 2.18 bits per heavy atom. The quantitative estimate of drug-likeness (QED) is 0.300. The van der Waals surface area contributed by atoms with E-state index in [4.69, 9.17) is 10.2 Å². The first-order valence-electron chi connectivity index (χ1n) is 4.81. The van der Waals surface area contributed by atoms with E-state index in [0.717, 1.165) is 0 Å². The molecule has 8 nitrogen and oxygen atoms in total. The first-order chi connectivity index (χ1) is 7.81. The summed E-state index contributed by atoms with van der Waals surface area (Å²) in [6.07, 6.45) is -1.53. The Balaban J connectivity index is 4.39. The first-order valence-corrected chi connectivity index (χ1v) is 4.81. The third-order valence-corrected chi connectivity index (χ3v) is 1.72. The fraction of sp³-hybridized carbons (Fsp3) is 0.667. The predicted octanol–water partition coefficient (Wildman–Crippen LogP) is -0.448. The van der Waals surface area contributed by atoms with Crippen molar-refractivity contribution in [1.82, 2.24) is 0 Å². The van der Waals surface area contributed by atoms with Gasteiger partial charge in [0.05, 0.1) is 19.4 Å². The third-order valence-electron chi connectivity index (χ3n) is 1.72. The lowest BCUT2D eigenvalue weighted by atomic mass is 9.96. The Labute approximate surface area is 96.7 Å². The Bertz CT molecular complexity index is 299. The van der Waals surface area contributed by atoms with Crippen molar-refractivity contribution in [2.24, 2.45) is 0 Å². The van der Waals surface area contributed by atoms with Gasteiger partial charge in [-0.25, -0.2) is 9.59 Å². The minimum atomic E-state index is -2.70. The van der Waals surface area contributed by atoms with Crippen molar-refractivity contribution in [1.29, 1.82) is 0 Å². The number of hydrogen-bond acceptors (Lipinski definition) is 6. The highest BCUT2D eigenvalue weighted by Crippen LogP contribution is 2.17. The zero-order valence-corrected chi connectivity index (χ0v) is 9.21. The monoisotopic (exact) mass is 250 g/mol. The van der Waals surface area contributed by atoms with Gasteiger partial charge in [0.1, 0.15) is 0 Å². The molecule has 0 aliphatic heterocycles. The largest absolute Gasteiger partial charge is 0.481 e. The van der Waals surface area contributed by atoms with Gasteiger partial charge in [0.15, 0.2) is 5.60 Å². The van der Waals surface area contributed by atoms with Crippen LogP contribution in [0.3, 0.4) is 0 Å². The lowest BCUT2D eigenvalue weighted by Crippen LogP contribution is -2.43. The van der Waals surface area contributed by atoms with Crippen molar-refractivity contribution >= 4 is 17.9 Å². The number of carbonyl (C=O) groups is 3. The molecule has 0 heterocycles. The van der Waals surface area contributed by atoms with Crippen LogP contribution in [0.1, 0.15) is 26.2 Å². The van der Waals surface area contributed by atoms with Crippen LogP contribution in [0.15, 0.2) is 0 Å². The van der Waals surface area contributed by atoms with Crippen molar-refractivity contribution in [3.05, 3.63) is 0 Å². The summed E-state index contributed by atoms with van der Waals surface area (Å²) in [4.78, 5) is 40.6. The maximum Gasteiger partial charge on any atom is 0.345 e. The van der Waals surface area contributed by atoms with E-state index >= 15 is 0 Å². The third kappa shape index (κ3) is 5.83. The fourth-order valence-corrected chi connectivity index (χ4v) is 0.923. The minimum Gasteiger partial charge on any atom is -0.481 e. The van der Waals surface area contributed by atoms with Gasteiger partial charge in [-0.1, -0.05) is 6.92 Å². The van der Waals surface area contributed by atoms with Gasteiger partial charge in [0, 0.05) is 0 Å². The Hall–Kier alpha value is -1.67. The summed E-state index contributed by atoms with van der Waals surface area (Å²) >= 11 is 0. The van der Waals surface area contributed by atoms with Crippen LogP contribution in [0.4, 0.5) is 0 Å². The molecule has 0 saturated carbocycles. The van der Waals surface area contributed by atoms with E-state index in [1.165, 1.54) is 0 Å². The molecule has 0 amide bonds. The molecule has 0 aromatic rings. The topological polar surface area (TPSA) is 130 Å². The van der Waals surface area contributed by atoms with Crippen LogP contribution in [0.25, 0.3) is 0 Å². The van der Waals surface area contributed by atoms with Crippen molar-refractivity contribution in [2.75, 3.05) is 6.61 Å². The van der Waals surface area contributed by atoms with Gasteiger partial charge in [-0.15, -0.1) is 0 Å². The van der Waals surface area contributed by atoms with Gasteiger partial charge in [-0.3, -0.25) is 9.68 Å². The summed E-state index contributed by atoms with van der Waals surface area (Å²) < 4.78 is 0. The zero-order valence-electron chi connectivity index (χ0n) is 9.21. The van der Waals surface area contributed by atoms with E-state index in [9.17, 15) is 19.5 Å². The van der Waals surface area contributed by atoms with Gasteiger partial charge in [-0.2, -0.15) is 4.89 Å². The summed E-state index contributed by atoms with van der Waals surface area (Å²) in [5.41, 5.74) is -2.70. The molecule has 0 saturated heterocycles. The number of aliphatic carboxylic acids is 2. The molecule has 0 aliphatic carbocycles. The predicted molar refractivity (Wildman–Crippen MR) is 51.8 cm³/mol. The van der Waals surface area contributed by atoms with Crippen LogP contribution in [0.2, 0.25) is 0 Å². The second-order valence-electron chi connectivity index (χ2n) is 3.36. The first kappa shape index (κ1) is 15.3. The minimum absolute atomic E-state index is 0.121. The number of aliphatic hydroxyl groups is 1. The molecule has 98 valence electrons. The molecule has 0 bridgehead atoms. The smallest absolute Gasteiger partial charge is 0.345 e. The molecule has 8 heteroatoms. The molecular formula is C9H14O8. The van der Waals surface area contributed by atoms with E-state index in [-0.39, 0.29) is 6.61 Å². The molecule has 0 radical (unpaired) electrons. The Kier molecular flexibility index (Phi) is 6.15. The van der Waals surface area contributed by atoms with Crippen LogP contribution >= 0.6 is 0 Å². The normalized spacial score (nSPS) is 13.8. The van der Waals surface area contributed by atoms with Crippen LogP contribution in [-0.4, -0.2) is 45.4 Å². The van der Waals surface area contributed by atoms with Gasteiger partial charge in [0.25, 0.3) is 0 Å². The van der Waals surface area contributed by atoms with E-state index in [1.54, 1.807) is 6.92 Å². The van der Waals surface area contributed by atoms with E-state index in [0.29, 0.717) is 6.42 Å². The van der Waals surface area contributed by atoms with E-state index in [2.05, 4.69) is 9.78 Å². The van der Waals surface area contributed by atoms with Crippen LogP contribution in [0, 0.1) is 0 Å². The molecule has 1 atom stereocenters. The Morgan fingerprint density at radius 1 is 1.18 bits per heavy atom. The highest BCUT2D eigenvalue weighted by molar-refractivity contribution is 5.88. The second kappa shape index (κ2) is 6.81. The summed E-state index contributed by atoms with van der Waals surface area (Å²) in [5.74, 6) is -4.51. The van der Waals surface area contributed by atoms with Crippen molar-refractivity contribution < 1.29 is 39.5 Å². The average molecular weight is 250 g/mol. The fourth-order valence-electron chi connectivity index (χ4n) is 0.923. The van der Waals surface area contributed by atoms with Crippen molar-refractivity contribution in [2.45, 2.75) is 31.8 Å². The maximum atomic E-state index is 11.1. The molecule has 17 heavy (non-hydrogen) atoms. The standard InChI is InChI=1S/C9H14O8/c1-2-3-16-17-7(12)5-9(15,8(13)14)4-6(10)11/h15H,2-5H2,1H3,(H,10,11)(H,13,14). The molecule has 3 N–H and O–H groups in total. The van der Waals surface area contributed by atoms with Crippen LogP contribution in [-0.2, 0) is 24.2 Å². The number of carbonyl (C=O) groups excluding carboxylic acids is 1. The number of rotatable bonds is 8. The van der Waals surface area contributed by atoms with Crippen LogP contribution < -0.4 is 0 Å². The van der Waals surface area contributed by atoms with Crippen molar-refractivity contribution in [3.8, 4) is 0 Å². The van der Waals surface area contributed by atoms with Crippen molar-refractivity contribution in [3.63, 3.8) is 0 Å². The van der Waals surface area contributed by atoms with Gasteiger partial charge < -0.3 is 15.3 Å². The van der Waals surface area contributed by atoms with Gasteiger partial charge >= 0.3 is 17.9 Å². The number of carboxylic acids is 2. The second-order valence-corrected chi connectivity index (χ2v) is 3.36. The molecule has 0 fully saturated rings. The van der Waals surface area contributed by atoms with E-state index < -0.39 is 36.4 Å². The van der Waals surface area contributed by atoms with E-state index in [1.807, 2.05) is 0 Å². The molecular weight excluding hydrogens is 236 g/mol. The highest BCUT2D eigenvalue weighted by Gasteiger charge is 2.41. The van der Waals surface area contributed by atoms with Crippen LogP contribution in [0.5, 0.6) is 0 Å². The SMILES string of the molecule is CCCOOC(=O)CC(O)(CC(=O)O)C(=O)O. The number of hydrogen-bond donors (Lipinski definition) is 3. The Morgan fingerprint density at radius 2 is 1.76 bits per heavy atom. The molecule has 0 rings (SSSR count). The lowest BCUT2D eigenvalue weighted by Gasteiger charge is -2.19. The number of carboxylic acid groups (broad SMARTS) is 2. The van der Waals surface area contributed by atoms with Gasteiger partial charge in [-0.05, 0) is 6.42 Å². The maximum absolute atomic E-state index is 11.1. The summed E-state index contributed by atoms with van der Waals surface area (Å²) in [5, 5.41) is 26.5. The summed E-state index contributed by atoms with van der Waals surface area (Å²) in [6, 6.07) is 0. The molecule has 0 aliphatic rings.